The van der Waals surface area contributed by atoms with E-state index in [1.54, 1.807) is 61.8 Å². The summed E-state index contributed by atoms with van der Waals surface area (Å²) in [5, 5.41) is 7.06. The summed E-state index contributed by atoms with van der Waals surface area (Å²) in [5.74, 6) is -0.431. The molecule has 254 valence electrons. The lowest BCUT2D eigenvalue weighted by Gasteiger charge is -2.32. The summed E-state index contributed by atoms with van der Waals surface area (Å²) < 4.78 is 34.7. The molecule has 0 saturated carbocycles. The quantitative estimate of drug-likeness (QED) is 0.208. The van der Waals surface area contributed by atoms with Crippen LogP contribution in [0.3, 0.4) is 0 Å². The van der Waals surface area contributed by atoms with Crippen molar-refractivity contribution in [2.75, 3.05) is 58.8 Å². The molecule has 0 unspecified atom stereocenters. The van der Waals surface area contributed by atoms with Crippen molar-refractivity contribution in [2.45, 2.75) is 6.42 Å². The summed E-state index contributed by atoms with van der Waals surface area (Å²) in [6, 6.07) is 17.3. The van der Waals surface area contributed by atoms with Crippen molar-refractivity contribution >= 4 is 22.5 Å². The minimum Gasteiger partial charge on any atom is -0.493 e. The number of rotatable bonds is 11. The molecule has 3 heterocycles. The number of methoxy groups -OCH3 is 1. The van der Waals surface area contributed by atoms with Crippen LogP contribution in [0.5, 0.6) is 23.0 Å². The van der Waals surface area contributed by atoms with E-state index in [9.17, 15) is 14.4 Å². The fourth-order valence-electron chi connectivity index (χ4n) is 5.45. The van der Waals surface area contributed by atoms with Crippen LogP contribution in [0.25, 0.3) is 16.6 Å². The first-order valence-electron chi connectivity index (χ1n) is 15.8. The summed E-state index contributed by atoms with van der Waals surface area (Å²) in [4.78, 5) is 47.7. The highest BCUT2D eigenvalue weighted by Crippen LogP contribution is 2.38. The largest absolute Gasteiger partial charge is 0.493 e. The zero-order valence-corrected chi connectivity index (χ0v) is 27.4. The van der Waals surface area contributed by atoms with Crippen molar-refractivity contribution in [1.82, 2.24) is 29.1 Å². The Hall–Kier alpha value is -5.60. The highest BCUT2D eigenvalue weighted by molar-refractivity contribution is 6.02. The predicted octanol–water partition coefficient (Wildman–Crippen LogP) is 3.69. The van der Waals surface area contributed by atoms with E-state index in [2.05, 4.69) is 32.2 Å². The molecule has 0 radical (unpaired) electrons. The van der Waals surface area contributed by atoms with Gasteiger partial charge in [0, 0.05) is 69.2 Å². The number of benzene rings is 3. The van der Waals surface area contributed by atoms with Gasteiger partial charge in [0.1, 0.15) is 5.75 Å². The number of halogens is 1. The van der Waals surface area contributed by atoms with Crippen LogP contribution in [-0.2, 0) is 7.05 Å². The van der Waals surface area contributed by atoms with E-state index in [4.69, 9.17) is 14.2 Å². The molecule has 1 N–H and O–H groups in total. The molecule has 1 aliphatic heterocycles. The van der Waals surface area contributed by atoms with Crippen molar-refractivity contribution in [1.29, 1.82) is 0 Å². The third-order valence-electron chi connectivity index (χ3n) is 8.26. The second-order valence-electron chi connectivity index (χ2n) is 11.6. The number of likely N-dealkylation sites (N-methyl/N-ethyl adjacent to an activating group) is 1. The van der Waals surface area contributed by atoms with Gasteiger partial charge in [0.2, 0.25) is 5.69 Å². The van der Waals surface area contributed by atoms with E-state index in [1.807, 2.05) is 0 Å². The number of amides is 1. The van der Waals surface area contributed by atoms with Crippen LogP contribution in [0.15, 0.2) is 82.5 Å². The first-order valence-corrected chi connectivity index (χ1v) is 15.8. The number of para-hydroxylation sites is 1. The summed E-state index contributed by atoms with van der Waals surface area (Å²) in [7, 11) is 4.93. The van der Waals surface area contributed by atoms with Crippen LogP contribution in [0, 0.1) is 5.82 Å². The van der Waals surface area contributed by atoms with Crippen LogP contribution in [-0.4, -0.2) is 88.5 Å². The Balaban J connectivity index is 1.15. The molecule has 1 fully saturated rings. The zero-order valence-electron chi connectivity index (χ0n) is 27.4. The van der Waals surface area contributed by atoms with Gasteiger partial charge in [-0.05, 0) is 49.9 Å². The number of nitrogens with zero attached hydrogens (tertiary/aromatic N) is 6. The number of nitrogens with one attached hydrogen (secondary N) is 1. The van der Waals surface area contributed by atoms with E-state index in [-0.39, 0.29) is 11.4 Å². The maximum Gasteiger partial charge on any atom is 0.351 e. The van der Waals surface area contributed by atoms with Gasteiger partial charge in [-0.3, -0.25) is 19.1 Å². The van der Waals surface area contributed by atoms with Gasteiger partial charge in [-0.1, -0.05) is 18.2 Å². The lowest BCUT2D eigenvalue weighted by molar-refractivity contribution is 0.101. The minimum absolute atomic E-state index is 0.0480. The smallest absolute Gasteiger partial charge is 0.351 e. The van der Waals surface area contributed by atoms with Gasteiger partial charge in [0.05, 0.1) is 24.9 Å². The third kappa shape index (κ3) is 7.45. The average molecular weight is 670 g/mol. The van der Waals surface area contributed by atoms with Gasteiger partial charge in [-0.2, -0.15) is 9.78 Å². The standard InChI is InChI=1S/C35H36FN7O6/c1-40-15-17-42(18-16-40)14-7-19-48-31-22-27-25(21-30(31)47-3)28(12-13-37-27)49-29-11-10-23(20-26(29)36)38-33(44)32-34(45)41(2)35(46)43(39-32)24-8-5-4-6-9-24/h4-6,8-13,20-22H,7,14-19H2,1-3H3,(H,38,44). The number of hydrogen-bond donors (Lipinski definition) is 1. The van der Waals surface area contributed by atoms with Crippen LogP contribution >= 0.6 is 0 Å². The summed E-state index contributed by atoms with van der Waals surface area (Å²) in [6.45, 7) is 5.69. The molecule has 14 heteroatoms. The second-order valence-corrected chi connectivity index (χ2v) is 11.6. The molecule has 49 heavy (non-hydrogen) atoms. The van der Waals surface area contributed by atoms with Gasteiger partial charge < -0.3 is 29.3 Å². The minimum atomic E-state index is -0.914. The Morgan fingerprint density at radius 3 is 2.43 bits per heavy atom. The molecule has 5 aromatic rings. The van der Waals surface area contributed by atoms with E-state index in [0.717, 1.165) is 54.5 Å². The molecule has 0 bridgehead atoms. The molecule has 1 aliphatic rings. The number of aromatic nitrogens is 4. The Labute approximate surface area is 281 Å². The monoisotopic (exact) mass is 669 g/mol. The first-order chi connectivity index (χ1) is 23.7. The molecule has 0 aliphatic carbocycles. The average Bonchev–Trinajstić information content (AvgIpc) is 3.11. The van der Waals surface area contributed by atoms with Crippen molar-refractivity contribution in [3.05, 3.63) is 105 Å². The number of fused-ring (bicyclic) bond motifs is 1. The van der Waals surface area contributed by atoms with Crippen LogP contribution in [0.4, 0.5) is 10.1 Å². The number of carbonyl (C=O) groups is 1. The lowest BCUT2D eigenvalue weighted by Crippen LogP contribution is -2.44. The molecule has 2 aromatic heterocycles. The molecule has 1 amide bonds. The van der Waals surface area contributed by atoms with Crippen LogP contribution in [0.1, 0.15) is 16.9 Å². The predicted molar refractivity (Wildman–Crippen MR) is 182 cm³/mol. The molecule has 13 nitrogen and oxygen atoms in total. The van der Waals surface area contributed by atoms with Gasteiger partial charge in [0.25, 0.3) is 11.5 Å². The maximum absolute atomic E-state index is 15.3. The van der Waals surface area contributed by atoms with Crippen molar-refractivity contribution in [3.8, 4) is 28.7 Å². The Kier molecular flexibility index (Phi) is 9.97. The Morgan fingerprint density at radius 2 is 1.69 bits per heavy atom. The van der Waals surface area contributed by atoms with Crippen LogP contribution < -0.4 is 30.8 Å². The SMILES string of the molecule is COc1cc2c(Oc3ccc(NC(=O)c4nn(-c5ccccc5)c(=O)n(C)c4=O)cc3F)ccnc2cc1OCCCN1CCN(C)CC1. The molecular formula is C35H36FN7O6. The molecular weight excluding hydrogens is 633 g/mol. The topological polar surface area (TPSA) is 133 Å². The number of carbonyl (C=O) groups excluding carboxylic acids is 1. The van der Waals surface area contributed by atoms with Gasteiger partial charge in [0.15, 0.2) is 23.1 Å². The normalized spacial score (nSPS) is 13.7. The van der Waals surface area contributed by atoms with E-state index in [1.165, 1.54) is 19.2 Å². The molecule has 0 atom stereocenters. The second kappa shape index (κ2) is 14.7. The van der Waals surface area contributed by atoms with Crippen molar-refractivity contribution in [3.63, 3.8) is 0 Å². The van der Waals surface area contributed by atoms with Gasteiger partial charge >= 0.3 is 5.69 Å². The highest BCUT2D eigenvalue weighted by Gasteiger charge is 2.20. The van der Waals surface area contributed by atoms with Gasteiger partial charge in [-0.25, -0.2) is 9.18 Å². The number of pyridine rings is 1. The summed E-state index contributed by atoms with van der Waals surface area (Å²) in [6.07, 6.45) is 2.42. The fourth-order valence-corrected chi connectivity index (χ4v) is 5.45. The number of ether oxygens (including phenoxy) is 3. The number of anilines is 1. The number of hydrogen-bond acceptors (Lipinski definition) is 10. The summed E-state index contributed by atoms with van der Waals surface area (Å²) in [5.41, 5.74) is -1.17. The Morgan fingerprint density at radius 1 is 0.918 bits per heavy atom. The molecule has 3 aromatic carbocycles. The van der Waals surface area contributed by atoms with E-state index >= 15 is 4.39 Å². The van der Waals surface area contributed by atoms with Crippen LogP contribution in [0.2, 0.25) is 0 Å². The van der Waals surface area contributed by atoms with Crippen molar-refractivity contribution in [2.24, 2.45) is 7.05 Å². The third-order valence-corrected chi connectivity index (χ3v) is 8.26. The molecule has 0 spiro atoms. The lowest BCUT2D eigenvalue weighted by atomic mass is 10.1. The van der Waals surface area contributed by atoms with Crippen molar-refractivity contribution < 1.29 is 23.4 Å². The van der Waals surface area contributed by atoms with E-state index < -0.39 is 28.7 Å². The first kappa shape index (κ1) is 33.3. The fraction of sp³-hybridized carbons (Fsp3) is 0.286. The highest BCUT2D eigenvalue weighted by atomic mass is 19.1. The molecule has 1 saturated heterocycles. The Bertz CT molecular complexity index is 2100. The van der Waals surface area contributed by atoms with E-state index in [0.29, 0.717) is 40.4 Å². The summed E-state index contributed by atoms with van der Waals surface area (Å²) >= 11 is 0. The maximum atomic E-state index is 15.3. The number of piperazine rings is 1. The van der Waals surface area contributed by atoms with Gasteiger partial charge in [-0.15, -0.1) is 0 Å². The zero-order chi connectivity index (χ0) is 34.5. The molecule has 6 rings (SSSR count).